The van der Waals surface area contributed by atoms with Crippen LogP contribution in [0.5, 0.6) is 11.5 Å². The number of ether oxygens (including phenoxy) is 1. The van der Waals surface area contributed by atoms with Crippen LogP contribution in [-0.4, -0.2) is 51.5 Å². The van der Waals surface area contributed by atoms with Gasteiger partial charge in [-0.05, 0) is 42.5 Å². The van der Waals surface area contributed by atoms with E-state index in [1.54, 1.807) is 0 Å². The highest BCUT2D eigenvalue weighted by atomic mass is 16.5. The molecular formula is C25H24N4O2. The Balaban J connectivity index is 1.23. The number of carbonyl (C=O) groups excluding carboxylic acids is 1. The summed E-state index contributed by atoms with van der Waals surface area (Å²) in [6.45, 7) is 3.80. The molecule has 156 valence electrons. The highest BCUT2D eigenvalue weighted by Gasteiger charge is 2.24. The van der Waals surface area contributed by atoms with Crippen LogP contribution in [0.4, 0.5) is 0 Å². The average molecular weight is 412 g/mol. The standard InChI is InChI=1S/C25H24N4O2/c30-25(23-11-4-5-12-24(23)31-22-9-2-1-3-10-22)28-16-14-27(15-17-28)19-20-18-21-8-6-7-13-29(21)26-20/h1-13,18H,14-17,19H2. The van der Waals surface area contributed by atoms with Gasteiger partial charge >= 0.3 is 0 Å². The number of carbonyl (C=O) groups is 1. The highest BCUT2D eigenvalue weighted by molar-refractivity contribution is 5.97. The lowest BCUT2D eigenvalue weighted by Crippen LogP contribution is -2.48. The van der Waals surface area contributed by atoms with Crippen molar-refractivity contribution in [1.29, 1.82) is 0 Å². The summed E-state index contributed by atoms with van der Waals surface area (Å²) in [5, 5.41) is 4.64. The molecule has 0 N–H and O–H groups in total. The first kappa shape index (κ1) is 19.3. The quantitative estimate of drug-likeness (QED) is 0.496. The molecule has 2 aromatic heterocycles. The molecule has 0 atom stereocenters. The Morgan fingerprint density at radius 3 is 2.42 bits per heavy atom. The number of hydrogen-bond donors (Lipinski definition) is 0. The minimum Gasteiger partial charge on any atom is -0.457 e. The van der Waals surface area contributed by atoms with E-state index in [1.807, 2.05) is 82.3 Å². The first-order valence-electron chi connectivity index (χ1n) is 10.5. The Morgan fingerprint density at radius 2 is 1.61 bits per heavy atom. The molecule has 6 heteroatoms. The van der Waals surface area contributed by atoms with Gasteiger partial charge < -0.3 is 9.64 Å². The molecule has 1 fully saturated rings. The summed E-state index contributed by atoms with van der Waals surface area (Å²) in [5.74, 6) is 1.32. The molecule has 0 radical (unpaired) electrons. The van der Waals surface area contributed by atoms with Gasteiger partial charge in [0, 0.05) is 38.9 Å². The molecule has 1 amide bonds. The SMILES string of the molecule is O=C(c1ccccc1Oc1ccccc1)N1CCN(Cc2cc3ccccn3n2)CC1. The van der Waals surface area contributed by atoms with Crippen LogP contribution in [-0.2, 0) is 6.54 Å². The first-order valence-corrected chi connectivity index (χ1v) is 10.5. The first-order chi connectivity index (χ1) is 15.3. The Kier molecular flexibility index (Phi) is 5.37. The number of benzene rings is 2. The van der Waals surface area contributed by atoms with Crippen molar-refractivity contribution in [2.24, 2.45) is 0 Å². The summed E-state index contributed by atoms with van der Waals surface area (Å²) >= 11 is 0. The maximum absolute atomic E-state index is 13.2. The molecule has 3 heterocycles. The molecule has 31 heavy (non-hydrogen) atoms. The van der Waals surface area contributed by atoms with Crippen LogP contribution in [0.1, 0.15) is 16.1 Å². The third-order valence-corrected chi connectivity index (χ3v) is 5.55. The van der Waals surface area contributed by atoms with E-state index < -0.39 is 0 Å². The zero-order valence-corrected chi connectivity index (χ0v) is 17.2. The number of rotatable bonds is 5. The van der Waals surface area contributed by atoms with Crippen molar-refractivity contribution in [3.63, 3.8) is 0 Å². The molecule has 1 saturated heterocycles. The van der Waals surface area contributed by atoms with Crippen LogP contribution in [0.2, 0.25) is 0 Å². The van der Waals surface area contributed by atoms with Crippen LogP contribution in [0.3, 0.4) is 0 Å². The van der Waals surface area contributed by atoms with E-state index in [4.69, 9.17) is 4.74 Å². The minimum atomic E-state index is 0.0129. The molecule has 2 aromatic carbocycles. The maximum atomic E-state index is 13.2. The molecular weight excluding hydrogens is 388 g/mol. The van der Waals surface area contributed by atoms with Crippen molar-refractivity contribution in [1.82, 2.24) is 19.4 Å². The maximum Gasteiger partial charge on any atom is 0.257 e. The Hall–Kier alpha value is -3.64. The van der Waals surface area contributed by atoms with E-state index in [9.17, 15) is 4.79 Å². The molecule has 4 aromatic rings. The number of para-hydroxylation sites is 2. The van der Waals surface area contributed by atoms with Crippen molar-refractivity contribution in [3.8, 4) is 11.5 Å². The molecule has 0 saturated carbocycles. The van der Waals surface area contributed by atoms with Crippen LogP contribution in [0.15, 0.2) is 85.1 Å². The van der Waals surface area contributed by atoms with Gasteiger partial charge in [-0.25, -0.2) is 4.52 Å². The van der Waals surface area contributed by atoms with Crippen molar-refractivity contribution in [2.75, 3.05) is 26.2 Å². The predicted molar refractivity (Wildman–Crippen MR) is 119 cm³/mol. The number of amides is 1. The van der Waals surface area contributed by atoms with E-state index in [-0.39, 0.29) is 5.91 Å². The molecule has 6 nitrogen and oxygen atoms in total. The summed E-state index contributed by atoms with van der Waals surface area (Å²) in [7, 11) is 0. The zero-order valence-electron chi connectivity index (χ0n) is 17.2. The van der Waals surface area contributed by atoms with Gasteiger partial charge in [0.25, 0.3) is 5.91 Å². The number of nitrogens with zero attached hydrogens (tertiary/aromatic N) is 4. The monoisotopic (exact) mass is 412 g/mol. The number of aromatic nitrogens is 2. The van der Waals surface area contributed by atoms with Crippen LogP contribution >= 0.6 is 0 Å². The molecule has 0 spiro atoms. The van der Waals surface area contributed by atoms with E-state index in [1.165, 1.54) is 0 Å². The van der Waals surface area contributed by atoms with Crippen molar-refractivity contribution < 1.29 is 9.53 Å². The number of hydrogen-bond acceptors (Lipinski definition) is 4. The lowest BCUT2D eigenvalue weighted by atomic mass is 10.1. The second-order valence-electron chi connectivity index (χ2n) is 7.69. The van der Waals surface area contributed by atoms with Gasteiger partial charge in [0.15, 0.2) is 0 Å². The third kappa shape index (κ3) is 4.29. The zero-order chi connectivity index (χ0) is 21.0. The lowest BCUT2D eigenvalue weighted by molar-refractivity contribution is 0.0624. The number of pyridine rings is 1. The third-order valence-electron chi connectivity index (χ3n) is 5.55. The normalized spacial score (nSPS) is 14.6. The van der Waals surface area contributed by atoms with Crippen molar-refractivity contribution in [3.05, 3.63) is 96.3 Å². The van der Waals surface area contributed by atoms with E-state index in [0.29, 0.717) is 24.4 Å². The molecule has 0 unspecified atom stereocenters. The van der Waals surface area contributed by atoms with E-state index in [2.05, 4.69) is 22.1 Å². The van der Waals surface area contributed by atoms with Crippen LogP contribution in [0, 0.1) is 0 Å². The molecule has 1 aliphatic rings. The lowest BCUT2D eigenvalue weighted by Gasteiger charge is -2.34. The van der Waals surface area contributed by atoms with Gasteiger partial charge in [0.05, 0.1) is 16.8 Å². The Labute approximate surface area is 181 Å². The second-order valence-corrected chi connectivity index (χ2v) is 7.69. The van der Waals surface area contributed by atoms with Gasteiger partial charge in [0.2, 0.25) is 0 Å². The molecule has 1 aliphatic heterocycles. The topological polar surface area (TPSA) is 50.1 Å². The Bertz CT molecular complexity index is 1150. The molecule has 0 aliphatic carbocycles. The van der Waals surface area contributed by atoms with Gasteiger partial charge in [-0.2, -0.15) is 5.10 Å². The summed E-state index contributed by atoms with van der Waals surface area (Å²) in [6.07, 6.45) is 1.96. The van der Waals surface area contributed by atoms with Crippen LogP contribution < -0.4 is 4.74 Å². The predicted octanol–water partition coefficient (Wildman–Crippen LogP) is 4.08. The fraction of sp³-hybridized carbons (Fsp3) is 0.200. The van der Waals surface area contributed by atoms with Crippen LogP contribution in [0.25, 0.3) is 5.52 Å². The number of piperazine rings is 1. The fourth-order valence-electron chi connectivity index (χ4n) is 3.92. The van der Waals surface area contributed by atoms with Gasteiger partial charge in [-0.1, -0.05) is 36.4 Å². The van der Waals surface area contributed by atoms with Crippen molar-refractivity contribution in [2.45, 2.75) is 6.54 Å². The second kappa shape index (κ2) is 8.62. The molecule has 0 bridgehead atoms. The smallest absolute Gasteiger partial charge is 0.257 e. The summed E-state index contributed by atoms with van der Waals surface area (Å²) < 4.78 is 7.88. The highest BCUT2D eigenvalue weighted by Crippen LogP contribution is 2.26. The number of fused-ring (bicyclic) bond motifs is 1. The van der Waals surface area contributed by atoms with Gasteiger partial charge in [0.1, 0.15) is 11.5 Å². The summed E-state index contributed by atoms with van der Waals surface area (Å²) in [6, 6.07) is 25.2. The summed E-state index contributed by atoms with van der Waals surface area (Å²) in [5.41, 5.74) is 2.74. The fourth-order valence-corrected chi connectivity index (χ4v) is 3.92. The van der Waals surface area contributed by atoms with E-state index >= 15 is 0 Å². The van der Waals surface area contributed by atoms with Gasteiger partial charge in [-0.3, -0.25) is 9.69 Å². The van der Waals surface area contributed by atoms with Gasteiger partial charge in [-0.15, -0.1) is 0 Å². The Morgan fingerprint density at radius 1 is 0.871 bits per heavy atom. The molecule has 5 rings (SSSR count). The minimum absolute atomic E-state index is 0.0129. The summed E-state index contributed by atoms with van der Waals surface area (Å²) in [4.78, 5) is 17.5. The van der Waals surface area contributed by atoms with Crippen molar-refractivity contribution >= 4 is 11.4 Å². The average Bonchev–Trinajstić information content (AvgIpc) is 3.22. The largest absolute Gasteiger partial charge is 0.457 e. The van der Waals surface area contributed by atoms with E-state index in [0.717, 1.165) is 36.6 Å².